The molecule has 4 heteroatoms. The van der Waals surface area contributed by atoms with Crippen molar-refractivity contribution in [3.05, 3.63) is 35.6 Å². The molecule has 2 N–H and O–H groups in total. The molecule has 2 aromatic rings. The first-order valence-electron chi connectivity index (χ1n) is 7.69. The Balaban J connectivity index is 1.57. The summed E-state index contributed by atoms with van der Waals surface area (Å²) in [5.74, 6) is 2.75. The fraction of sp³-hybridized carbons (Fsp3) is 0.471. The Labute approximate surface area is 125 Å². The van der Waals surface area contributed by atoms with Gasteiger partial charge in [0.05, 0.1) is 6.54 Å². The molecule has 0 saturated heterocycles. The number of furan rings is 1. The molecule has 1 heterocycles. The van der Waals surface area contributed by atoms with Gasteiger partial charge in [-0.3, -0.25) is 4.99 Å². The second kappa shape index (κ2) is 6.20. The van der Waals surface area contributed by atoms with Crippen LogP contribution < -0.4 is 10.6 Å². The van der Waals surface area contributed by atoms with Crippen molar-refractivity contribution in [1.29, 1.82) is 0 Å². The molecule has 0 unspecified atom stereocenters. The van der Waals surface area contributed by atoms with Gasteiger partial charge in [0.2, 0.25) is 0 Å². The van der Waals surface area contributed by atoms with Gasteiger partial charge < -0.3 is 15.1 Å². The van der Waals surface area contributed by atoms with Gasteiger partial charge in [-0.1, -0.05) is 31.0 Å². The highest BCUT2D eigenvalue weighted by molar-refractivity contribution is 5.82. The molecule has 112 valence electrons. The van der Waals surface area contributed by atoms with E-state index in [4.69, 9.17) is 4.42 Å². The van der Waals surface area contributed by atoms with Gasteiger partial charge in [0, 0.05) is 24.5 Å². The van der Waals surface area contributed by atoms with Crippen LogP contribution in [-0.4, -0.2) is 19.6 Å². The summed E-state index contributed by atoms with van der Waals surface area (Å²) in [4.78, 5) is 4.26. The molecular weight excluding hydrogens is 262 g/mol. The summed E-state index contributed by atoms with van der Waals surface area (Å²) in [7, 11) is 1.80. The number of rotatable bonds is 5. The molecule has 21 heavy (non-hydrogen) atoms. The van der Waals surface area contributed by atoms with E-state index in [1.54, 1.807) is 7.05 Å². The van der Waals surface area contributed by atoms with Crippen molar-refractivity contribution in [2.24, 2.45) is 10.9 Å². The molecule has 1 aliphatic carbocycles. The third-order valence-electron chi connectivity index (χ3n) is 4.12. The van der Waals surface area contributed by atoms with Crippen LogP contribution >= 0.6 is 0 Å². The van der Waals surface area contributed by atoms with E-state index in [0.717, 1.165) is 29.8 Å². The second-order valence-electron chi connectivity index (χ2n) is 5.73. The highest BCUT2D eigenvalue weighted by Gasteiger charge is 2.20. The summed E-state index contributed by atoms with van der Waals surface area (Å²) in [5.41, 5.74) is 2.15. The van der Waals surface area contributed by atoms with Crippen LogP contribution in [0.2, 0.25) is 0 Å². The molecular formula is C17H23N3O. The minimum absolute atomic E-state index is 0.656. The Morgan fingerprint density at radius 3 is 2.81 bits per heavy atom. The molecule has 0 amide bonds. The molecule has 1 aromatic heterocycles. The van der Waals surface area contributed by atoms with Gasteiger partial charge in [-0.05, 0) is 25.3 Å². The summed E-state index contributed by atoms with van der Waals surface area (Å²) in [5, 5.41) is 7.87. The van der Waals surface area contributed by atoms with Crippen LogP contribution in [0.1, 0.15) is 30.6 Å². The predicted molar refractivity (Wildman–Crippen MR) is 86.5 cm³/mol. The van der Waals surface area contributed by atoms with Crippen molar-refractivity contribution in [2.45, 2.75) is 32.7 Å². The van der Waals surface area contributed by atoms with Crippen LogP contribution in [0.25, 0.3) is 11.0 Å². The molecule has 3 rings (SSSR count). The van der Waals surface area contributed by atoms with Crippen molar-refractivity contribution in [2.75, 3.05) is 13.6 Å². The van der Waals surface area contributed by atoms with Crippen LogP contribution in [0.5, 0.6) is 0 Å². The molecule has 0 aliphatic heterocycles. The Kier molecular flexibility index (Phi) is 4.13. The first kappa shape index (κ1) is 14.0. The van der Waals surface area contributed by atoms with Gasteiger partial charge in [-0.25, -0.2) is 0 Å². The second-order valence-corrected chi connectivity index (χ2v) is 5.73. The van der Waals surface area contributed by atoms with Crippen LogP contribution in [0.15, 0.2) is 33.7 Å². The van der Waals surface area contributed by atoms with E-state index in [1.165, 1.54) is 30.2 Å². The number of fused-ring (bicyclic) bond motifs is 1. The maximum absolute atomic E-state index is 5.90. The zero-order valence-corrected chi connectivity index (χ0v) is 12.8. The van der Waals surface area contributed by atoms with E-state index in [9.17, 15) is 0 Å². The molecule has 1 fully saturated rings. The Bertz CT molecular complexity index is 641. The van der Waals surface area contributed by atoms with Gasteiger partial charge >= 0.3 is 0 Å². The van der Waals surface area contributed by atoms with Crippen molar-refractivity contribution < 1.29 is 4.42 Å². The van der Waals surface area contributed by atoms with Crippen molar-refractivity contribution in [3.8, 4) is 0 Å². The Morgan fingerprint density at radius 1 is 1.29 bits per heavy atom. The standard InChI is InChI=1S/C17H23N3O/c1-12-14-5-3-4-6-15(14)21-16(12)11-20-17(18-2)19-10-9-13-7-8-13/h3-6,13H,7-11H2,1-2H3,(H2,18,19,20). The number of aryl methyl sites for hydroxylation is 1. The topological polar surface area (TPSA) is 49.6 Å². The summed E-state index contributed by atoms with van der Waals surface area (Å²) in [6.07, 6.45) is 4.03. The number of aliphatic imine (C=N–C) groups is 1. The van der Waals surface area contributed by atoms with Gasteiger partial charge in [-0.15, -0.1) is 0 Å². The van der Waals surface area contributed by atoms with E-state index in [1.807, 2.05) is 18.2 Å². The third-order valence-corrected chi connectivity index (χ3v) is 4.12. The summed E-state index contributed by atoms with van der Waals surface area (Å²) >= 11 is 0. The van der Waals surface area contributed by atoms with Crippen LogP contribution in [-0.2, 0) is 6.54 Å². The fourth-order valence-corrected chi connectivity index (χ4v) is 2.58. The number of benzene rings is 1. The average Bonchev–Trinajstić information content (AvgIpc) is 3.28. The minimum atomic E-state index is 0.656. The van der Waals surface area contributed by atoms with E-state index in [0.29, 0.717) is 6.54 Å². The number of hydrogen-bond donors (Lipinski definition) is 2. The highest BCUT2D eigenvalue weighted by Crippen LogP contribution is 2.31. The lowest BCUT2D eigenvalue weighted by Gasteiger charge is -2.10. The predicted octanol–water partition coefficient (Wildman–Crippen LogP) is 3.21. The van der Waals surface area contributed by atoms with Crippen molar-refractivity contribution in [1.82, 2.24) is 10.6 Å². The first-order chi connectivity index (χ1) is 10.3. The maximum Gasteiger partial charge on any atom is 0.191 e. The maximum atomic E-state index is 5.90. The largest absolute Gasteiger partial charge is 0.459 e. The van der Waals surface area contributed by atoms with Crippen molar-refractivity contribution in [3.63, 3.8) is 0 Å². The molecule has 1 aliphatic rings. The summed E-state index contributed by atoms with van der Waals surface area (Å²) in [6.45, 7) is 3.75. The van der Waals surface area contributed by atoms with Gasteiger partial charge in [0.25, 0.3) is 0 Å². The Morgan fingerprint density at radius 2 is 2.10 bits per heavy atom. The zero-order chi connectivity index (χ0) is 14.7. The van der Waals surface area contributed by atoms with Crippen molar-refractivity contribution >= 4 is 16.9 Å². The lowest BCUT2D eigenvalue weighted by molar-refractivity contribution is 0.534. The SMILES string of the molecule is CN=C(NCCC1CC1)NCc1oc2ccccc2c1C. The first-order valence-corrected chi connectivity index (χ1v) is 7.69. The number of para-hydroxylation sites is 1. The van der Waals surface area contributed by atoms with E-state index in [2.05, 4.69) is 28.6 Å². The van der Waals surface area contributed by atoms with Gasteiger partial charge in [0.15, 0.2) is 5.96 Å². The van der Waals surface area contributed by atoms with E-state index < -0.39 is 0 Å². The van der Waals surface area contributed by atoms with E-state index in [-0.39, 0.29) is 0 Å². The fourth-order valence-electron chi connectivity index (χ4n) is 2.58. The molecule has 0 bridgehead atoms. The minimum Gasteiger partial charge on any atom is -0.459 e. The van der Waals surface area contributed by atoms with Crippen LogP contribution in [0, 0.1) is 12.8 Å². The van der Waals surface area contributed by atoms with Gasteiger partial charge in [0.1, 0.15) is 11.3 Å². The normalized spacial score (nSPS) is 15.4. The van der Waals surface area contributed by atoms with Crippen LogP contribution in [0.4, 0.5) is 0 Å². The lowest BCUT2D eigenvalue weighted by atomic mass is 10.1. The summed E-state index contributed by atoms with van der Waals surface area (Å²) < 4.78 is 5.90. The highest BCUT2D eigenvalue weighted by atomic mass is 16.3. The molecule has 1 aromatic carbocycles. The lowest BCUT2D eigenvalue weighted by Crippen LogP contribution is -2.37. The molecule has 4 nitrogen and oxygen atoms in total. The molecule has 1 saturated carbocycles. The molecule has 0 atom stereocenters. The van der Waals surface area contributed by atoms with Gasteiger partial charge in [-0.2, -0.15) is 0 Å². The number of hydrogen-bond acceptors (Lipinski definition) is 2. The quantitative estimate of drug-likeness (QED) is 0.655. The number of nitrogens with one attached hydrogen (secondary N) is 2. The third kappa shape index (κ3) is 3.38. The molecule has 0 radical (unpaired) electrons. The monoisotopic (exact) mass is 285 g/mol. The Hall–Kier alpha value is -1.97. The van der Waals surface area contributed by atoms with E-state index >= 15 is 0 Å². The smallest absolute Gasteiger partial charge is 0.191 e. The number of guanidine groups is 1. The summed E-state index contributed by atoms with van der Waals surface area (Å²) in [6, 6.07) is 8.15. The average molecular weight is 285 g/mol. The molecule has 0 spiro atoms. The van der Waals surface area contributed by atoms with Crippen LogP contribution in [0.3, 0.4) is 0 Å². The zero-order valence-electron chi connectivity index (χ0n) is 12.8. The number of nitrogens with zero attached hydrogens (tertiary/aromatic N) is 1.